The number of aryl methyl sites for hydroxylation is 4. The van der Waals surface area contributed by atoms with Gasteiger partial charge in [-0.25, -0.2) is 0 Å². The molecule has 0 aliphatic carbocycles. The highest BCUT2D eigenvalue weighted by Crippen LogP contribution is 2.50. The summed E-state index contributed by atoms with van der Waals surface area (Å²) in [6, 6.07) is 46.0. The molecule has 0 amide bonds. The second kappa shape index (κ2) is 9.80. The highest BCUT2D eigenvalue weighted by molar-refractivity contribution is 7.16. The van der Waals surface area contributed by atoms with Gasteiger partial charge in [0.25, 0.3) is 6.28 Å². The number of nitrogens with zero attached hydrogens (tertiary/aromatic N) is 1. The van der Waals surface area contributed by atoms with Gasteiger partial charge in [-0.05, 0) is 51.0 Å². The van der Waals surface area contributed by atoms with E-state index in [-0.39, 0.29) is 0 Å². The Morgan fingerprint density at radius 2 is 0.850 bits per heavy atom. The number of quaternary nitrogens is 1. The van der Waals surface area contributed by atoms with Gasteiger partial charge in [-0.15, -0.1) is 16.4 Å². The third kappa shape index (κ3) is 3.98. The van der Waals surface area contributed by atoms with Gasteiger partial charge in [0.15, 0.2) is 0 Å². The lowest BCUT2D eigenvalue weighted by Gasteiger charge is -2.61. The van der Waals surface area contributed by atoms with E-state index in [1.54, 1.807) is 0 Å². The summed E-state index contributed by atoms with van der Waals surface area (Å²) >= 11 is 0. The van der Waals surface area contributed by atoms with Crippen molar-refractivity contribution in [3.8, 4) is 0 Å². The summed E-state index contributed by atoms with van der Waals surface area (Å²) in [6.07, 6.45) is -1.54. The molecule has 0 saturated heterocycles. The molecular formula is C38H38BN. The average Bonchev–Trinajstić information content (AvgIpc) is 2.95. The second-order valence-corrected chi connectivity index (χ2v) is 12.2. The summed E-state index contributed by atoms with van der Waals surface area (Å²) < 4.78 is 0.723. The van der Waals surface area contributed by atoms with E-state index >= 15 is 0 Å². The molecule has 0 saturated carbocycles. The molecule has 5 aromatic rings. The van der Waals surface area contributed by atoms with Gasteiger partial charge in [0.05, 0.1) is 5.69 Å². The molecule has 1 aliphatic rings. The van der Waals surface area contributed by atoms with Crippen molar-refractivity contribution < 1.29 is 0 Å². The van der Waals surface area contributed by atoms with Crippen LogP contribution in [-0.2, 0) is 0 Å². The van der Waals surface area contributed by atoms with Crippen molar-refractivity contribution in [2.24, 2.45) is 0 Å². The van der Waals surface area contributed by atoms with Crippen LogP contribution in [-0.4, -0.2) is 20.4 Å². The van der Waals surface area contributed by atoms with Crippen molar-refractivity contribution in [2.75, 3.05) is 14.1 Å². The van der Waals surface area contributed by atoms with Gasteiger partial charge < -0.3 is 4.39 Å². The lowest BCUT2D eigenvalue weighted by atomic mass is 9.19. The Balaban J connectivity index is 1.89. The molecule has 5 aromatic carbocycles. The summed E-state index contributed by atoms with van der Waals surface area (Å²) in [4.78, 5) is 0. The SMILES string of the molecule is Cc1ccc(C2=C(c3ccc(C)cc3)[B-](c3ccc(C)cc3)(c3ccc(C)cc3)[N+](C)(C)c3ccccc32)cc1. The number of hydrogen-bond donors (Lipinski definition) is 0. The van der Waals surface area contributed by atoms with Gasteiger partial charge in [0.2, 0.25) is 0 Å². The van der Waals surface area contributed by atoms with Crippen molar-refractivity contribution in [2.45, 2.75) is 27.7 Å². The summed E-state index contributed by atoms with van der Waals surface area (Å²) in [7, 11) is 4.83. The van der Waals surface area contributed by atoms with E-state index in [9.17, 15) is 0 Å². The molecule has 0 fully saturated rings. The molecule has 0 N–H and O–H groups in total. The van der Waals surface area contributed by atoms with Crippen molar-refractivity contribution in [3.05, 3.63) is 160 Å². The molecule has 1 heterocycles. The molecular weight excluding hydrogens is 481 g/mol. The minimum absolute atomic E-state index is 0.723. The third-order valence-corrected chi connectivity index (χ3v) is 9.27. The van der Waals surface area contributed by atoms with E-state index < -0.39 is 6.28 Å². The second-order valence-electron chi connectivity index (χ2n) is 12.2. The highest BCUT2D eigenvalue weighted by atomic mass is 15.3. The predicted octanol–water partition coefficient (Wildman–Crippen LogP) is 7.76. The zero-order valence-corrected chi connectivity index (χ0v) is 24.6. The third-order valence-electron chi connectivity index (χ3n) is 9.27. The van der Waals surface area contributed by atoms with Gasteiger partial charge in [0, 0.05) is 19.7 Å². The van der Waals surface area contributed by atoms with Crippen LogP contribution in [0.25, 0.3) is 11.0 Å². The van der Waals surface area contributed by atoms with Crippen molar-refractivity contribution >= 4 is 33.9 Å². The van der Waals surface area contributed by atoms with Crippen LogP contribution in [0.1, 0.15) is 38.9 Å². The Hall–Kier alpha value is -4.14. The first-order valence-corrected chi connectivity index (χ1v) is 14.4. The Bertz CT molecular complexity index is 1660. The molecule has 6 rings (SSSR count). The number of benzene rings is 5. The zero-order chi connectivity index (χ0) is 28.1. The number of hydrogen-bond acceptors (Lipinski definition) is 0. The quantitative estimate of drug-likeness (QED) is 0.213. The number of fused-ring (bicyclic) bond motifs is 1. The fourth-order valence-corrected chi connectivity index (χ4v) is 7.18. The number of para-hydroxylation sites is 1. The predicted molar refractivity (Wildman–Crippen MR) is 176 cm³/mol. The Labute approximate surface area is 240 Å². The molecule has 2 heteroatoms. The molecule has 0 atom stereocenters. The van der Waals surface area contributed by atoms with E-state index in [0.717, 1.165) is 4.39 Å². The average molecular weight is 520 g/mol. The van der Waals surface area contributed by atoms with E-state index in [2.05, 4.69) is 163 Å². The lowest BCUT2D eigenvalue weighted by Crippen LogP contribution is -2.80. The van der Waals surface area contributed by atoms with Crippen LogP contribution in [0.4, 0.5) is 5.69 Å². The molecule has 0 aromatic heterocycles. The molecule has 0 bridgehead atoms. The first-order chi connectivity index (χ1) is 19.2. The molecule has 0 radical (unpaired) electrons. The van der Waals surface area contributed by atoms with E-state index in [0.29, 0.717) is 0 Å². The highest BCUT2D eigenvalue weighted by Gasteiger charge is 2.53. The minimum Gasteiger partial charge on any atom is -0.474 e. The molecule has 0 unspecified atom stereocenters. The standard InChI is InChI=1S/C38H38BN/c1-27-11-19-31(20-12-27)37-35-9-7-8-10-36(35)40(5,6)39(33-23-15-29(3)16-24-33,34-25-17-30(4)18-26-34)38(37)32-21-13-28(2)14-22-32/h7-26H,1-6H3. The van der Waals surface area contributed by atoms with Gasteiger partial charge in [-0.2, -0.15) is 0 Å². The van der Waals surface area contributed by atoms with Crippen molar-refractivity contribution in [1.82, 2.24) is 4.39 Å². The Kier molecular flexibility index (Phi) is 6.40. The van der Waals surface area contributed by atoms with Gasteiger partial charge in [0.1, 0.15) is 0 Å². The molecule has 198 valence electrons. The van der Waals surface area contributed by atoms with Crippen molar-refractivity contribution in [1.29, 1.82) is 0 Å². The van der Waals surface area contributed by atoms with Crippen LogP contribution in [0.2, 0.25) is 0 Å². The maximum atomic E-state index is 2.42. The van der Waals surface area contributed by atoms with E-state index in [1.807, 2.05) is 0 Å². The zero-order valence-electron chi connectivity index (χ0n) is 24.6. The summed E-state index contributed by atoms with van der Waals surface area (Å²) in [5, 5.41) is 0. The minimum atomic E-state index is -1.54. The largest absolute Gasteiger partial charge is 0.474 e. The Morgan fingerprint density at radius 1 is 0.450 bits per heavy atom. The van der Waals surface area contributed by atoms with Crippen LogP contribution < -0.4 is 15.3 Å². The monoisotopic (exact) mass is 519 g/mol. The molecule has 1 aliphatic heterocycles. The fraction of sp³-hybridized carbons (Fsp3) is 0.158. The molecule has 40 heavy (non-hydrogen) atoms. The van der Waals surface area contributed by atoms with E-state index in [1.165, 1.54) is 66.6 Å². The van der Waals surface area contributed by atoms with E-state index in [4.69, 9.17) is 0 Å². The summed E-state index contributed by atoms with van der Waals surface area (Å²) in [5.74, 6) is 0. The van der Waals surface area contributed by atoms with Crippen LogP contribution in [0.3, 0.4) is 0 Å². The fourth-order valence-electron chi connectivity index (χ4n) is 7.18. The van der Waals surface area contributed by atoms with Crippen LogP contribution in [0.15, 0.2) is 121 Å². The first kappa shape index (κ1) is 26.1. The lowest BCUT2D eigenvalue weighted by molar-refractivity contribution is 0.610. The van der Waals surface area contributed by atoms with Gasteiger partial charge >= 0.3 is 0 Å². The van der Waals surface area contributed by atoms with Crippen LogP contribution >= 0.6 is 0 Å². The van der Waals surface area contributed by atoms with Crippen LogP contribution in [0, 0.1) is 27.7 Å². The van der Waals surface area contributed by atoms with Gasteiger partial charge in [-0.3, -0.25) is 0 Å². The summed E-state index contributed by atoms with van der Waals surface area (Å²) in [6.45, 7) is 8.70. The van der Waals surface area contributed by atoms with Gasteiger partial charge in [-0.1, -0.05) is 137 Å². The maximum absolute atomic E-state index is 2.42. The molecule has 1 nitrogen and oxygen atoms in total. The number of rotatable bonds is 4. The molecule has 0 spiro atoms. The maximum Gasteiger partial charge on any atom is 0.296 e. The topological polar surface area (TPSA) is 0 Å². The normalized spacial score (nSPS) is 15.6. The smallest absolute Gasteiger partial charge is 0.296 e. The van der Waals surface area contributed by atoms with Crippen LogP contribution in [0.5, 0.6) is 0 Å². The first-order valence-electron chi connectivity index (χ1n) is 14.4. The van der Waals surface area contributed by atoms with Crippen molar-refractivity contribution in [3.63, 3.8) is 0 Å². The summed E-state index contributed by atoms with van der Waals surface area (Å²) in [5.41, 5.74) is 15.7. The Morgan fingerprint density at radius 3 is 1.32 bits per heavy atom.